The van der Waals surface area contributed by atoms with Gasteiger partial charge in [0.1, 0.15) is 23.9 Å². The topological polar surface area (TPSA) is 75.2 Å². The summed E-state index contributed by atoms with van der Waals surface area (Å²) >= 11 is 4.93. The first-order valence-electron chi connectivity index (χ1n) is 7.60. The quantitative estimate of drug-likeness (QED) is 0.446. The number of halogens is 2. The third kappa shape index (κ3) is 4.47. The molecule has 0 bridgehead atoms. The molecule has 0 fully saturated rings. The van der Waals surface area contributed by atoms with Crippen LogP contribution in [0.15, 0.2) is 52.1 Å². The Hall–Kier alpha value is -2.26. The fraction of sp³-hybridized carbons (Fsp3) is 0.176. The lowest BCUT2D eigenvalue weighted by Crippen LogP contribution is -2.15. The first kappa shape index (κ1) is 18.5. The van der Waals surface area contributed by atoms with Crippen LogP contribution in [0.5, 0.6) is 11.5 Å². The normalized spacial score (nSPS) is 10.7. The van der Waals surface area contributed by atoms with E-state index in [0.29, 0.717) is 22.5 Å². The van der Waals surface area contributed by atoms with E-state index in [1.165, 1.54) is 28.6 Å². The van der Waals surface area contributed by atoms with Crippen LogP contribution in [0.3, 0.4) is 0 Å². The van der Waals surface area contributed by atoms with E-state index in [0.717, 1.165) is 15.8 Å². The highest BCUT2D eigenvalue weighted by Crippen LogP contribution is 2.28. The molecule has 0 saturated carbocycles. The molecule has 0 aliphatic heterocycles. The zero-order chi connectivity index (χ0) is 18.5. The number of aromatic nitrogens is 3. The summed E-state index contributed by atoms with van der Waals surface area (Å²) in [5.41, 5.74) is 1.09. The van der Waals surface area contributed by atoms with Gasteiger partial charge in [0.05, 0.1) is 11.6 Å². The molecular formula is C17H16BrFN4O2S. The second-order valence-corrected chi connectivity index (χ2v) is 7.07. The number of nitrogens with zero attached hydrogens (tertiary/aromatic N) is 3. The smallest absolute Gasteiger partial charge is 0.210 e. The van der Waals surface area contributed by atoms with Gasteiger partial charge in [-0.25, -0.2) is 9.07 Å². The van der Waals surface area contributed by atoms with Gasteiger partial charge in [0, 0.05) is 5.75 Å². The number of benzene rings is 2. The molecule has 0 aliphatic rings. The van der Waals surface area contributed by atoms with Crippen molar-refractivity contribution in [3.63, 3.8) is 0 Å². The Morgan fingerprint density at radius 1 is 1.19 bits per heavy atom. The molecular weight excluding hydrogens is 423 g/mol. The molecule has 0 spiro atoms. The van der Waals surface area contributed by atoms with E-state index in [1.807, 2.05) is 18.2 Å². The van der Waals surface area contributed by atoms with Crippen LogP contribution in [0.2, 0.25) is 0 Å². The average molecular weight is 439 g/mol. The number of nitrogens with two attached hydrogens (primary N) is 1. The van der Waals surface area contributed by atoms with Crippen LogP contribution in [0, 0.1) is 5.82 Å². The van der Waals surface area contributed by atoms with Crippen molar-refractivity contribution in [2.24, 2.45) is 0 Å². The number of hydrogen-bond acceptors (Lipinski definition) is 6. The van der Waals surface area contributed by atoms with Crippen molar-refractivity contribution < 1.29 is 13.9 Å². The van der Waals surface area contributed by atoms with Gasteiger partial charge < -0.3 is 15.3 Å². The number of thioether (sulfide) groups is 1. The number of ether oxygens (including phenoxy) is 2. The highest BCUT2D eigenvalue weighted by Gasteiger charge is 2.12. The van der Waals surface area contributed by atoms with Crippen molar-refractivity contribution in [3.05, 3.63) is 64.1 Å². The summed E-state index contributed by atoms with van der Waals surface area (Å²) in [5.74, 6) is 8.19. The third-order valence-electron chi connectivity index (χ3n) is 3.50. The second kappa shape index (κ2) is 8.41. The molecule has 2 aromatic carbocycles. The van der Waals surface area contributed by atoms with Crippen LogP contribution in [0.1, 0.15) is 11.4 Å². The molecule has 26 heavy (non-hydrogen) atoms. The molecule has 0 radical (unpaired) electrons. The van der Waals surface area contributed by atoms with Gasteiger partial charge in [-0.05, 0) is 57.9 Å². The fourth-order valence-electron chi connectivity index (χ4n) is 2.13. The standard InChI is InChI=1S/C17H16BrFN4O2S/c1-24-15-7-2-11(8-14(15)18)10-26-17-22-21-16(23(17)20)9-25-13-5-3-12(19)4-6-13/h2-8H,9-10,20H2,1H3. The highest BCUT2D eigenvalue weighted by molar-refractivity contribution is 9.10. The maximum atomic E-state index is 12.9. The van der Waals surface area contributed by atoms with E-state index >= 15 is 0 Å². The van der Waals surface area contributed by atoms with E-state index in [-0.39, 0.29) is 12.4 Å². The van der Waals surface area contributed by atoms with Crippen LogP contribution in [0.4, 0.5) is 4.39 Å². The zero-order valence-electron chi connectivity index (χ0n) is 13.9. The van der Waals surface area contributed by atoms with E-state index in [4.69, 9.17) is 15.3 Å². The maximum Gasteiger partial charge on any atom is 0.210 e. The molecule has 136 valence electrons. The van der Waals surface area contributed by atoms with Crippen LogP contribution >= 0.6 is 27.7 Å². The Balaban J connectivity index is 1.60. The summed E-state index contributed by atoms with van der Waals surface area (Å²) in [6, 6.07) is 11.6. The van der Waals surface area contributed by atoms with Crippen molar-refractivity contribution in [3.8, 4) is 11.5 Å². The van der Waals surface area contributed by atoms with Crippen molar-refractivity contribution in [2.75, 3.05) is 13.0 Å². The molecule has 0 saturated heterocycles. The van der Waals surface area contributed by atoms with Gasteiger partial charge in [-0.3, -0.25) is 0 Å². The molecule has 0 unspecified atom stereocenters. The van der Waals surface area contributed by atoms with Gasteiger partial charge in [-0.2, -0.15) is 0 Å². The Bertz CT molecular complexity index is 889. The van der Waals surface area contributed by atoms with Crippen molar-refractivity contribution >= 4 is 27.7 Å². The van der Waals surface area contributed by atoms with E-state index in [1.54, 1.807) is 19.2 Å². The van der Waals surface area contributed by atoms with E-state index in [9.17, 15) is 4.39 Å². The second-order valence-electron chi connectivity index (χ2n) is 5.27. The molecule has 2 N–H and O–H groups in total. The fourth-order valence-corrected chi connectivity index (χ4v) is 3.54. The summed E-state index contributed by atoms with van der Waals surface area (Å²) in [6.45, 7) is 0.143. The van der Waals surface area contributed by atoms with E-state index < -0.39 is 0 Å². The van der Waals surface area contributed by atoms with Gasteiger partial charge in [-0.15, -0.1) is 10.2 Å². The molecule has 0 atom stereocenters. The van der Waals surface area contributed by atoms with Gasteiger partial charge in [0.2, 0.25) is 5.16 Å². The lowest BCUT2D eigenvalue weighted by Gasteiger charge is -2.07. The van der Waals surface area contributed by atoms with Gasteiger partial charge in [0.15, 0.2) is 5.82 Å². The molecule has 3 aromatic rings. The first-order valence-corrected chi connectivity index (χ1v) is 9.37. The Morgan fingerprint density at radius 2 is 1.96 bits per heavy atom. The summed E-state index contributed by atoms with van der Waals surface area (Å²) in [6.07, 6.45) is 0. The molecule has 1 aromatic heterocycles. The Morgan fingerprint density at radius 3 is 2.65 bits per heavy atom. The maximum absolute atomic E-state index is 12.9. The summed E-state index contributed by atoms with van der Waals surface area (Å²) in [5, 5.41) is 8.71. The predicted octanol–water partition coefficient (Wildman–Crippen LogP) is 3.77. The van der Waals surface area contributed by atoms with Crippen molar-refractivity contribution in [1.29, 1.82) is 0 Å². The first-order chi connectivity index (χ1) is 12.6. The summed E-state index contributed by atoms with van der Waals surface area (Å²) in [7, 11) is 1.63. The lowest BCUT2D eigenvalue weighted by molar-refractivity contribution is 0.291. The third-order valence-corrected chi connectivity index (χ3v) is 5.13. The number of hydrogen-bond donors (Lipinski definition) is 1. The van der Waals surface area contributed by atoms with Crippen LogP contribution in [-0.4, -0.2) is 22.0 Å². The minimum atomic E-state index is -0.316. The van der Waals surface area contributed by atoms with Gasteiger partial charge >= 0.3 is 0 Å². The highest BCUT2D eigenvalue weighted by atomic mass is 79.9. The molecule has 6 nitrogen and oxygen atoms in total. The largest absolute Gasteiger partial charge is 0.496 e. The SMILES string of the molecule is COc1ccc(CSc2nnc(COc3ccc(F)cc3)n2N)cc1Br. The molecule has 0 amide bonds. The predicted molar refractivity (Wildman–Crippen MR) is 101 cm³/mol. The van der Waals surface area contributed by atoms with Crippen molar-refractivity contribution in [1.82, 2.24) is 14.9 Å². The summed E-state index contributed by atoms with van der Waals surface area (Å²) < 4.78 is 25.9. The van der Waals surface area contributed by atoms with E-state index in [2.05, 4.69) is 26.1 Å². The van der Waals surface area contributed by atoms with Crippen LogP contribution < -0.4 is 15.3 Å². The van der Waals surface area contributed by atoms with Crippen LogP contribution in [-0.2, 0) is 12.4 Å². The van der Waals surface area contributed by atoms with Gasteiger partial charge in [-0.1, -0.05) is 17.8 Å². The monoisotopic (exact) mass is 438 g/mol. The number of nitrogen functional groups attached to an aromatic ring is 1. The lowest BCUT2D eigenvalue weighted by atomic mass is 10.2. The zero-order valence-corrected chi connectivity index (χ0v) is 16.3. The Labute approximate surface area is 162 Å². The van der Waals surface area contributed by atoms with Crippen LogP contribution in [0.25, 0.3) is 0 Å². The average Bonchev–Trinajstić information content (AvgIpc) is 2.99. The minimum Gasteiger partial charge on any atom is -0.496 e. The number of rotatable bonds is 7. The minimum absolute atomic E-state index is 0.143. The van der Waals surface area contributed by atoms with Gasteiger partial charge in [0.25, 0.3) is 0 Å². The molecule has 0 aliphatic carbocycles. The molecule has 1 heterocycles. The number of methoxy groups -OCH3 is 1. The molecule has 9 heteroatoms. The Kier molecular flexibility index (Phi) is 6.00. The summed E-state index contributed by atoms with van der Waals surface area (Å²) in [4.78, 5) is 0. The van der Waals surface area contributed by atoms with Crippen molar-refractivity contribution in [2.45, 2.75) is 17.5 Å². The molecule has 3 rings (SSSR count).